The third-order valence-corrected chi connectivity index (χ3v) is 6.91. The molecule has 1 fully saturated rings. The number of anilines is 3. The SMILES string of the molecule is COc1c(Nc2cc(C)[nH]n2)nc(Sc2ccc(C(=O)Oc3cccc(N=O)c3F)cc2F)[nH+]c1N1CCOCC1.[OH-]. The highest BCUT2D eigenvalue weighted by atomic mass is 32.2. The fraction of sp³-hybridized carbons (Fsp3) is 0.231. The fourth-order valence-electron chi connectivity index (χ4n) is 4.01. The van der Waals surface area contributed by atoms with Crippen molar-refractivity contribution in [2.45, 2.75) is 17.0 Å². The van der Waals surface area contributed by atoms with Crippen LogP contribution in [0.15, 0.2) is 57.7 Å². The van der Waals surface area contributed by atoms with Gasteiger partial charge < -0.3 is 25.0 Å². The van der Waals surface area contributed by atoms with Crippen LogP contribution in [0, 0.1) is 23.5 Å². The van der Waals surface area contributed by atoms with Crippen LogP contribution in [-0.2, 0) is 4.74 Å². The Labute approximate surface area is 241 Å². The summed E-state index contributed by atoms with van der Waals surface area (Å²) in [6.07, 6.45) is 0. The van der Waals surface area contributed by atoms with Gasteiger partial charge in [0.25, 0.3) is 17.4 Å². The molecule has 1 aliphatic heterocycles. The Morgan fingerprint density at radius 1 is 1.21 bits per heavy atom. The maximum Gasteiger partial charge on any atom is 0.343 e. The number of methoxy groups -OCH3 is 1. The van der Waals surface area contributed by atoms with Crippen molar-refractivity contribution in [3.63, 3.8) is 0 Å². The lowest BCUT2D eigenvalue weighted by Gasteiger charge is -2.25. The molecule has 0 atom stereocenters. The number of halogens is 2. The molecule has 2 aromatic carbocycles. The summed E-state index contributed by atoms with van der Waals surface area (Å²) in [7, 11) is 1.53. The highest BCUT2D eigenvalue weighted by Crippen LogP contribution is 2.36. The largest absolute Gasteiger partial charge is 0.870 e. The topological polar surface area (TPSA) is 175 Å². The van der Waals surface area contributed by atoms with Crippen molar-refractivity contribution in [2.24, 2.45) is 5.18 Å². The minimum Gasteiger partial charge on any atom is -0.870 e. The first-order valence-corrected chi connectivity index (χ1v) is 13.1. The standard InChI is InChI=1S/C26H23F2N7O5S.H2O/c1-14-12-20(33-32-14)29-23-22(38-2)24(35-8-10-39-11-9-35)31-26(30-23)41-19-7-6-15(13-16(19)27)25(36)40-18-5-3-4-17(34-37)21(18)28;/h3-7,12-13H,8-11H2,1-2H3,(H2,29,30,31,32,33);1H2. The summed E-state index contributed by atoms with van der Waals surface area (Å²) in [5.41, 5.74) is 0.172. The second-order valence-corrected chi connectivity index (χ2v) is 9.78. The quantitative estimate of drug-likeness (QED) is 0.120. The molecule has 42 heavy (non-hydrogen) atoms. The summed E-state index contributed by atoms with van der Waals surface area (Å²) in [5.74, 6) is -1.38. The summed E-state index contributed by atoms with van der Waals surface area (Å²) in [5, 5.41) is 13.1. The van der Waals surface area contributed by atoms with Gasteiger partial charge >= 0.3 is 11.1 Å². The van der Waals surface area contributed by atoms with Gasteiger partial charge in [0.1, 0.15) is 11.5 Å². The van der Waals surface area contributed by atoms with Gasteiger partial charge in [-0.25, -0.2) is 18.6 Å². The lowest BCUT2D eigenvalue weighted by atomic mass is 10.2. The highest BCUT2D eigenvalue weighted by molar-refractivity contribution is 7.99. The molecule has 220 valence electrons. The number of ether oxygens (including phenoxy) is 3. The number of nitroso groups, excluding NO2 is 1. The van der Waals surface area contributed by atoms with E-state index in [0.29, 0.717) is 54.7 Å². The summed E-state index contributed by atoms with van der Waals surface area (Å²) in [6, 6.07) is 9.10. The number of esters is 1. The molecule has 4 N–H and O–H groups in total. The number of morpholine rings is 1. The zero-order chi connectivity index (χ0) is 28.9. The Kier molecular flexibility index (Phi) is 9.61. The number of benzene rings is 2. The molecule has 13 nitrogen and oxygen atoms in total. The maximum absolute atomic E-state index is 15.2. The van der Waals surface area contributed by atoms with Gasteiger partial charge in [0.05, 0.1) is 43.9 Å². The first-order chi connectivity index (χ1) is 19.9. The number of hydrogen-bond acceptors (Lipinski definition) is 12. The number of aromatic nitrogens is 4. The van der Waals surface area contributed by atoms with Crippen LogP contribution in [-0.4, -0.2) is 60.0 Å². The van der Waals surface area contributed by atoms with Gasteiger partial charge in [-0.05, 0) is 54.2 Å². The van der Waals surface area contributed by atoms with Gasteiger partial charge in [-0.1, -0.05) is 11.1 Å². The number of rotatable bonds is 9. The minimum absolute atomic E-state index is 0. The van der Waals surface area contributed by atoms with E-state index in [2.05, 4.69) is 30.7 Å². The van der Waals surface area contributed by atoms with Crippen LogP contribution in [0.1, 0.15) is 16.1 Å². The molecular formula is C26H25F2N7O6S. The van der Waals surface area contributed by atoms with E-state index in [1.54, 1.807) is 6.07 Å². The molecule has 1 saturated heterocycles. The molecule has 0 aliphatic carbocycles. The second-order valence-electron chi connectivity index (χ2n) is 8.75. The molecule has 4 aromatic rings. The first kappa shape index (κ1) is 30.3. The van der Waals surface area contributed by atoms with Gasteiger partial charge in [0.2, 0.25) is 0 Å². The van der Waals surface area contributed by atoms with Crippen LogP contribution < -0.4 is 24.7 Å². The van der Waals surface area contributed by atoms with Crippen molar-refractivity contribution >= 4 is 40.9 Å². The molecule has 3 heterocycles. The summed E-state index contributed by atoms with van der Waals surface area (Å²) < 4.78 is 45.6. The van der Waals surface area contributed by atoms with Gasteiger partial charge in [-0.3, -0.25) is 10.00 Å². The van der Waals surface area contributed by atoms with E-state index < -0.39 is 29.0 Å². The monoisotopic (exact) mass is 601 g/mol. The molecule has 2 aromatic heterocycles. The molecule has 0 radical (unpaired) electrons. The fourth-order valence-corrected chi connectivity index (χ4v) is 4.80. The Balaban J connectivity index is 0.00000405. The van der Waals surface area contributed by atoms with E-state index in [1.807, 2.05) is 11.8 Å². The van der Waals surface area contributed by atoms with E-state index in [-0.39, 0.29) is 15.9 Å². The molecule has 16 heteroatoms. The third-order valence-electron chi connectivity index (χ3n) is 5.97. The first-order valence-electron chi connectivity index (χ1n) is 12.3. The Morgan fingerprint density at radius 2 is 2.00 bits per heavy atom. The lowest BCUT2D eigenvalue weighted by molar-refractivity contribution is -0.421. The molecule has 0 saturated carbocycles. The normalized spacial score (nSPS) is 12.8. The van der Waals surface area contributed by atoms with E-state index in [9.17, 15) is 14.1 Å². The van der Waals surface area contributed by atoms with Crippen LogP contribution >= 0.6 is 11.8 Å². The average Bonchev–Trinajstić information content (AvgIpc) is 3.39. The number of nitrogens with one attached hydrogen (secondary N) is 3. The van der Waals surface area contributed by atoms with E-state index >= 15 is 4.39 Å². The zero-order valence-corrected chi connectivity index (χ0v) is 23.1. The van der Waals surface area contributed by atoms with Crippen LogP contribution in [0.25, 0.3) is 0 Å². The Hall–Kier alpha value is -4.67. The number of hydrogen-bond donors (Lipinski definition) is 2. The molecule has 0 bridgehead atoms. The Bertz CT molecular complexity index is 1600. The summed E-state index contributed by atoms with van der Waals surface area (Å²) >= 11 is 0.991. The number of H-pyrrole nitrogens is 2. The molecule has 1 aliphatic rings. The van der Waals surface area contributed by atoms with Crippen molar-refractivity contribution in [2.75, 3.05) is 43.6 Å². The van der Waals surface area contributed by atoms with Crippen LogP contribution in [0.2, 0.25) is 0 Å². The zero-order valence-electron chi connectivity index (χ0n) is 22.3. The summed E-state index contributed by atoms with van der Waals surface area (Å²) in [6.45, 7) is 4.10. The molecule has 0 amide bonds. The highest BCUT2D eigenvalue weighted by Gasteiger charge is 2.29. The van der Waals surface area contributed by atoms with Gasteiger partial charge in [0, 0.05) is 11.8 Å². The maximum atomic E-state index is 15.2. The van der Waals surface area contributed by atoms with Crippen LogP contribution in [0.3, 0.4) is 0 Å². The van der Waals surface area contributed by atoms with Crippen molar-refractivity contribution in [1.29, 1.82) is 0 Å². The van der Waals surface area contributed by atoms with E-state index in [1.165, 1.54) is 25.3 Å². The average molecular weight is 602 g/mol. The van der Waals surface area contributed by atoms with E-state index in [4.69, 9.17) is 14.2 Å². The Morgan fingerprint density at radius 3 is 2.67 bits per heavy atom. The number of aryl methyl sites for hydroxylation is 1. The molecule has 0 unspecified atom stereocenters. The number of nitrogens with zero attached hydrogens (tertiary/aromatic N) is 4. The van der Waals surface area contributed by atoms with Crippen LogP contribution in [0.4, 0.5) is 31.9 Å². The second kappa shape index (κ2) is 13.3. The number of carbonyl (C=O) groups excluding carboxylic acids is 1. The van der Waals surface area contributed by atoms with Crippen molar-refractivity contribution < 1.29 is 38.2 Å². The lowest BCUT2D eigenvalue weighted by Crippen LogP contribution is -2.40. The predicted molar refractivity (Wildman–Crippen MR) is 146 cm³/mol. The molecule has 5 rings (SSSR count). The summed E-state index contributed by atoms with van der Waals surface area (Å²) in [4.78, 5) is 33.3. The van der Waals surface area contributed by atoms with Crippen LogP contribution in [0.5, 0.6) is 11.5 Å². The predicted octanol–water partition coefficient (Wildman–Crippen LogP) is 4.39. The molecule has 0 spiro atoms. The van der Waals surface area contributed by atoms with Gasteiger partial charge in [0.15, 0.2) is 17.4 Å². The smallest absolute Gasteiger partial charge is 0.343 e. The van der Waals surface area contributed by atoms with Gasteiger partial charge in [-0.2, -0.15) is 5.10 Å². The number of carbonyl (C=O) groups is 1. The minimum atomic E-state index is -1.09. The van der Waals surface area contributed by atoms with E-state index in [0.717, 1.165) is 35.7 Å². The third kappa shape index (κ3) is 6.62. The van der Waals surface area contributed by atoms with Gasteiger partial charge in [-0.15, -0.1) is 4.91 Å². The molecular weight excluding hydrogens is 576 g/mol. The van der Waals surface area contributed by atoms with Crippen molar-refractivity contribution in [3.05, 3.63) is 70.3 Å². The van der Waals surface area contributed by atoms with Crippen molar-refractivity contribution in [3.8, 4) is 11.5 Å². The number of aromatic amines is 2. The van der Waals surface area contributed by atoms with Crippen molar-refractivity contribution in [1.82, 2.24) is 15.2 Å².